The van der Waals surface area contributed by atoms with Gasteiger partial charge in [0.25, 0.3) is 0 Å². The Balaban J connectivity index is 1.52. The molecule has 4 heterocycles. The molecule has 2 aromatic carbocycles. The highest BCUT2D eigenvalue weighted by atomic mass is 35.5. The van der Waals surface area contributed by atoms with Crippen molar-refractivity contribution in [2.75, 3.05) is 55.3 Å². The zero-order chi connectivity index (χ0) is 34.2. The normalized spacial score (nSPS) is 22.7. The van der Waals surface area contributed by atoms with Gasteiger partial charge in [-0.25, -0.2) is 23.4 Å². The largest absolute Gasteiger partial charge is 0.349 e. The first-order valence-corrected chi connectivity index (χ1v) is 16.2. The molecule has 0 aliphatic carbocycles. The first-order chi connectivity index (χ1) is 22.0. The molecule has 252 valence electrons. The first kappa shape index (κ1) is 33.3. The molecule has 6 rings (SSSR count). The lowest BCUT2D eigenvalue weighted by molar-refractivity contribution is -0.128. The quantitative estimate of drug-likeness (QED) is 0.301. The fraction of sp³-hybridized carbons (Fsp3) is 0.500. The number of rotatable bonds is 6. The molecule has 3 aromatic rings. The van der Waals surface area contributed by atoms with Crippen LogP contribution in [0.15, 0.2) is 36.9 Å². The predicted octanol–water partition coefficient (Wildman–Crippen LogP) is 5.83. The summed E-state index contributed by atoms with van der Waals surface area (Å²) in [6, 6.07) is 5.92. The van der Waals surface area contributed by atoms with Crippen molar-refractivity contribution in [2.45, 2.75) is 70.9 Å². The molecular formula is C34H42ClF2N7O3. The van der Waals surface area contributed by atoms with E-state index in [0.29, 0.717) is 49.4 Å². The van der Waals surface area contributed by atoms with E-state index in [1.165, 1.54) is 18.2 Å². The van der Waals surface area contributed by atoms with Crippen LogP contribution in [0.5, 0.6) is 0 Å². The van der Waals surface area contributed by atoms with E-state index in [2.05, 4.69) is 16.4 Å². The van der Waals surface area contributed by atoms with Crippen molar-refractivity contribution in [3.63, 3.8) is 0 Å². The van der Waals surface area contributed by atoms with E-state index in [0.717, 1.165) is 5.23 Å². The third-order valence-corrected chi connectivity index (χ3v) is 10.3. The highest BCUT2D eigenvalue weighted by Crippen LogP contribution is 2.47. The van der Waals surface area contributed by atoms with Crippen molar-refractivity contribution in [1.82, 2.24) is 19.8 Å². The summed E-state index contributed by atoms with van der Waals surface area (Å²) in [5.74, 6) is -0.768. The lowest BCUT2D eigenvalue weighted by Gasteiger charge is -2.45. The minimum atomic E-state index is -0.785. The maximum absolute atomic E-state index is 17.1. The number of nitrogens with zero attached hydrogens (tertiary/aromatic N) is 7. The van der Waals surface area contributed by atoms with Crippen LogP contribution < -0.4 is 15.0 Å². The maximum Gasteiger partial charge on any atom is 0.246 e. The fourth-order valence-corrected chi connectivity index (χ4v) is 6.50. The minimum absolute atomic E-state index is 0.0141. The van der Waals surface area contributed by atoms with E-state index in [1.807, 2.05) is 60.5 Å². The number of aromatic nitrogens is 2. The molecular weight excluding hydrogens is 628 g/mol. The highest BCUT2D eigenvalue weighted by Gasteiger charge is 2.51. The van der Waals surface area contributed by atoms with Gasteiger partial charge in [0, 0.05) is 55.3 Å². The van der Waals surface area contributed by atoms with Gasteiger partial charge in [-0.3, -0.25) is 4.79 Å². The summed E-state index contributed by atoms with van der Waals surface area (Å²) >= 11 is 6.90. The number of anilines is 3. The highest BCUT2D eigenvalue weighted by molar-refractivity contribution is 6.34. The lowest BCUT2D eigenvalue weighted by Crippen LogP contribution is -2.59. The Morgan fingerprint density at radius 1 is 1.02 bits per heavy atom. The van der Waals surface area contributed by atoms with Gasteiger partial charge in [-0.05, 0) is 79.9 Å². The number of hydrogen-bond donors (Lipinski definition) is 0. The van der Waals surface area contributed by atoms with Crippen molar-refractivity contribution in [3.8, 4) is 11.1 Å². The van der Waals surface area contributed by atoms with Gasteiger partial charge in [0.15, 0.2) is 5.82 Å². The molecule has 0 radical (unpaired) electrons. The molecule has 0 saturated carbocycles. The van der Waals surface area contributed by atoms with E-state index in [9.17, 15) is 4.79 Å². The Morgan fingerprint density at radius 2 is 1.68 bits per heavy atom. The molecule has 47 heavy (non-hydrogen) atoms. The number of amides is 1. The van der Waals surface area contributed by atoms with Gasteiger partial charge < -0.3 is 19.6 Å². The molecule has 0 unspecified atom stereocenters. The molecule has 13 heteroatoms. The molecule has 3 aliphatic heterocycles. The van der Waals surface area contributed by atoms with Crippen molar-refractivity contribution in [3.05, 3.63) is 53.6 Å². The number of benzene rings is 2. The number of carbonyl (C=O) groups is 1. The molecule has 3 fully saturated rings. The number of fused-ring (bicyclic) bond motifs is 1. The van der Waals surface area contributed by atoms with E-state index in [1.54, 1.807) is 17.0 Å². The average molecular weight is 670 g/mol. The molecule has 3 saturated heterocycles. The standard InChI is InChI=1S/C34H42ClF2N7O3/c1-10-26(45)42-15-20(3)43(16-19(42)2)31-22-14-23(35)27(29(37)30(22)38-32(39-31)41-17-21(18-41)40(8)9)28-24(36)12-11-13-25(28)44-46-33(4,5)34(6,7)47-44/h10-14,19-21H,1,15-18H2,2-9H3/t19-,20+/m1/s1. The number of hydrogen-bond acceptors (Lipinski definition) is 9. The SMILES string of the molecule is C=CC(=O)N1C[C@H](C)N(c2nc(N3CC(N(C)C)C3)nc3c(F)c(-c4c(F)cccc4N4OC(C)(C)C(C)(C)O4)c(Cl)cc23)C[C@H]1C. The number of carbonyl (C=O) groups excluding carboxylic acids is 1. The number of likely N-dealkylation sites (N-methyl/N-ethyl adjacent to an activating group) is 1. The van der Waals surface area contributed by atoms with Crippen LogP contribution in [-0.2, 0) is 14.5 Å². The van der Waals surface area contributed by atoms with E-state index < -0.39 is 22.8 Å². The molecule has 2 atom stereocenters. The smallest absolute Gasteiger partial charge is 0.246 e. The van der Waals surface area contributed by atoms with E-state index >= 15 is 8.78 Å². The molecule has 1 amide bonds. The second kappa shape index (κ2) is 11.8. The Bertz CT molecular complexity index is 1730. The van der Waals surface area contributed by atoms with Crippen molar-refractivity contribution < 1.29 is 23.3 Å². The van der Waals surface area contributed by atoms with Gasteiger partial charge >= 0.3 is 0 Å². The Kier molecular flexibility index (Phi) is 8.39. The number of piperazine rings is 1. The number of halogens is 3. The molecule has 3 aliphatic rings. The second-order valence-corrected chi connectivity index (χ2v) is 14.4. The summed E-state index contributed by atoms with van der Waals surface area (Å²) < 4.78 is 33.0. The summed E-state index contributed by atoms with van der Waals surface area (Å²) in [7, 11) is 4.02. The van der Waals surface area contributed by atoms with E-state index in [-0.39, 0.29) is 45.3 Å². The van der Waals surface area contributed by atoms with Crippen molar-refractivity contribution in [1.29, 1.82) is 0 Å². The summed E-state index contributed by atoms with van der Waals surface area (Å²) in [5.41, 5.74) is -1.62. The third-order valence-electron chi connectivity index (χ3n) is 9.95. The van der Waals surface area contributed by atoms with Gasteiger partial charge in [0.05, 0.1) is 10.6 Å². The van der Waals surface area contributed by atoms with Crippen LogP contribution in [-0.4, -0.2) is 95.3 Å². The third kappa shape index (κ3) is 5.58. The van der Waals surface area contributed by atoms with Crippen LogP contribution in [0.25, 0.3) is 22.0 Å². The lowest BCUT2D eigenvalue weighted by atomic mass is 9.90. The Labute approximate surface area is 279 Å². The Hall–Kier alpha value is -3.58. The van der Waals surface area contributed by atoms with Gasteiger partial charge in [0.1, 0.15) is 34.0 Å². The second-order valence-electron chi connectivity index (χ2n) is 14.0. The maximum atomic E-state index is 17.1. The summed E-state index contributed by atoms with van der Waals surface area (Å²) in [5, 5.41) is 1.51. The van der Waals surface area contributed by atoms with Crippen molar-refractivity contribution >= 4 is 45.9 Å². The molecule has 10 nitrogen and oxygen atoms in total. The molecule has 0 bridgehead atoms. The molecule has 0 N–H and O–H groups in total. The molecule has 1 aromatic heterocycles. The Morgan fingerprint density at radius 3 is 2.30 bits per heavy atom. The van der Waals surface area contributed by atoms with Crippen LogP contribution in [0.3, 0.4) is 0 Å². The monoisotopic (exact) mass is 669 g/mol. The van der Waals surface area contributed by atoms with Gasteiger partial charge in [0.2, 0.25) is 11.9 Å². The summed E-state index contributed by atoms with van der Waals surface area (Å²) in [4.78, 5) is 42.4. The zero-order valence-electron chi connectivity index (χ0n) is 28.1. The molecule has 0 spiro atoms. The fourth-order valence-electron chi connectivity index (χ4n) is 6.21. The van der Waals surface area contributed by atoms with Crippen LogP contribution >= 0.6 is 11.6 Å². The predicted molar refractivity (Wildman–Crippen MR) is 181 cm³/mol. The van der Waals surface area contributed by atoms with Crippen molar-refractivity contribution in [2.24, 2.45) is 0 Å². The van der Waals surface area contributed by atoms with Crippen LogP contribution in [0.4, 0.5) is 26.2 Å². The minimum Gasteiger partial charge on any atom is -0.349 e. The topological polar surface area (TPSA) is 77.5 Å². The van der Waals surface area contributed by atoms with Gasteiger partial charge in [-0.1, -0.05) is 24.2 Å². The van der Waals surface area contributed by atoms with Gasteiger partial charge in [-0.15, -0.1) is 5.23 Å². The van der Waals surface area contributed by atoms with Crippen LogP contribution in [0, 0.1) is 11.6 Å². The van der Waals surface area contributed by atoms with E-state index in [4.69, 9.17) is 31.2 Å². The first-order valence-electron chi connectivity index (χ1n) is 15.8. The summed E-state index contributed by atoms with van der Waals surface area (Å²) in [6.07, 6.45) is 1.32. The van der Waals surface area contributed by atoms with Crippen LogP contribution in [0.1, 0.15) is 41.5 Å². The average Bonchev–Trinajstić information content (AvgIpc) is 3.19. The zero-order valence-corrected chi connectivity index (χ0v) is 28.9. The summed E-state index contributed by atoms with van der Waals surface area (Å²) in [6.45, 7) is 17.2. The van der Waals surface area contributed by atoms with Crippen LogP contribution in [0.2, 0.25) is 5.02 Å². The van der Waals surface area contributed by atoms with Gasteiger partial charge in [-0.2, -0.15) is 4.98 Å².